The molecule has 0 aliphatic carbocycles. The van der Waals surface area contributed by atoms with Crippen LogP contribution in [0.15, 0.2) is 29.3 Å². The van der Waals surface area contributed by atoms with E-state index in [4.69, 9.17) is 11.6 Å². The molecule has 2 aromatic heterocycles. The van der Waals surface area contributed by atoms with Gasteiger partial charge in [0.25, 0.3) is 5.56 Å². The van der Waals surface area contributed by atoms with Gasteiger partial charge in [-0.25, -0.2) is 4.98 Å². The Morgan fingerprint density at radius 1 is 1.33 bits per heavy atom. The van der Waals surface area contributed by atoms with Crippen LogP contribution < -0.4 is 21.1 Å². The van der Waals surface area contributed by atoms with Crippen LogP contribution in [0, 0.1) is 12.8 Å². The second kappa shape index (κ2) is 9.88. The zero-order valence-corrected chi connectivity index (χ0v) is 20.0. The van der Waals surface area contributed by atoms with E-state index in [2.05, 4.69) is 20.6 Å². The molecule has 0 radical (unpaired) electrons. The number of carbonyl (C=O) groups is 2. The SMILES string of the molecule is CCNC(=O)[C@@H]1CCCN(c2nc3ncn(CC(=O)Nc4ccc(C)c(Cl)c4)c(=O)c3s2)C1. The Morgan fingerprint density at radius 2 is 2.15 bits per heavy atom. The van der Waals surface area contributed by atoms with Gasteiger partial charge in [0.05, 0.1) is 5.92 Å². The van der Waals surface area contributed by atoms with Gasteiger partial charge in [0.2, 0.25) is 11.8 Å². The smallest absolute Gasteiger partial charge is 0.273 e. The number of benzene rings is 1. The minimum Gasteiger partial charge on any atom is -0.356 e. The number of nitrogens with zero attached hydrogens (tertiary/aromatic N) is 4. The topological polar surface area (TPSA) is 109 Å². The van der Waals surface area contributed by atoms with E-state index in [1.54, 1.807) is 12.1 Å². The predicted octanol–water partition coefficient (Wildman–Crippen LogP) is 2.81. The van der Waals surface area contributed by atoms with Crippen LogP contribution in [0.5, 0.6) is 0 Å². The highest BCUT2D eigenvalue weighted by atomic mass is 35.5. The van der Waals surface area contributed by atoms with E-state index in [1.807, 2.05) is 24.8 Å². The first-order chi connectivity index (χ1) is 15.9. The molecular weight excluding hydrogens is 464 g/mol. The van der Waals surface area contributed by atoms with Crippen LogP contribution in [0.4, 0.5) is 10.8 Å². The van der Waals surface area contributed by atoms with Crippen molar-refractivity contribution in [2.75, 3.05) is 29.9 Å². The predicted molar refractivity (Wildman–Crippen MR) is 130 cm³/mol. The normalized spacial score (nSPS) is 16.1. The minimum absolute atomic E-state index is 0.0460. The van der Waals surface area contributed by atoms with Crippen LogP contribution in [0.25, 0.3) is 10.3 Å². The molecule has 11 heteroatoms. The summed E-state index contributed by atoms with van der Waals surface area (Å²) in [5, 5.41) is 6.85. The molecule has 9 nitrogen and oxygen atoms in total. The number of anilines is 2. The van der Waals surface area contributed by atoms with Crippen LogP contribution >= 0.6 is 22.9 Å². The van der Waals surface area contributed by atoms with Crippen LogP contribution in [-0.4, -0.2) is 46.0 Å². The number of nitrogens with one attached hydrogen (secondary N) is 2. The molecule has 1 aliphatic rings. The first kappa shape index (κ1) is 23.2. The average molecular weight is 489 g/mol. The zero-order chi connectivity index (χ0) is 23.5. The van der Waals surface area contributed by atoms with Crippen molar-refractivity contribution < 1.29 is 9.59 Å². The highest BCUT2D eigenvalue weighted by Crippen LogP contribution is 2.29. The summed E-state index contributed by atoms with van der Waals surface area (Å²) in [5.74, 6) is -0.414. The molecule has 3 aromatic rings. The Hall–Kier alpha value is -2.98. The molecule has 0 spiro atoms. The molecule has 2 N–H and O–H groups in total. The Bertz CT molecular complexity index is 1260. The van der Waals surface area contributed by atoms with Crippen LogP contribution in [0.3, 0.4) is 0 Å². The number of aromatic nitrogens is 3. The Morgan fingerprint density at radius 3 is 2.91 bits per heavy atom. The number of halogens is 1. The van der Waals surface area contributed by atoms with E-state index in [0.717, 1.165) is 24.9 Å². The lowest BCUT2D eigenvalue weighted by molar-refractivity contribution is -0.125. The van der Waals surface area contributed by atoms with Crippen LogP contribution in [0.2, 0.25) is 5.02 Å². The van der Waals surface area contributed by atoms with Gasteiger partial charge in [-0.2, -0.15) is 4.98 Å². The monoisotopic (exact) mass is 488 g/mol. The lowest BCUT2D eigenvalue weighted by Gasteiger charge is -2.31. The number of hydrogen-bond donors (Lipinski definition) is 2. The molecule has 174 valence electrons. The molecule has 0 bridgehead atoms. The van der Waals surface area contributed by atoms with Gasteiger partial charge >= 0.3 is 0 Å². The minimum atomic E-state index is -0.358. The van der Waals surface area contributed by atoms with Crippen molar-refractivity contribution >= 4 is 55.9 Å². The molecule has 4 rings (SSSR count). The number of thiazole rings is 1. The quantitative estimate of drug-likeness (QED) is 0.552. The number of amides is 2. The van der Waals surface area contributed by atoms with Crippen molar-refractivity contribution in [2.24, 2.45) is 5.92 Å². The summed E-state index contributed by atoms with van der Waals surface area (Å²) in [6.07, 6.45) is 3.04. The molecule has 3 heterocycles. The summed E-state index contributed by atoms with van der Waals surface area (Å²) in [6, 6.07) is 5.24. The fourth-order valence-corrected chi connectivity index (χ4v) is 4.98. The summed E-state index contributed by atoms with van der Waals surface area (Å²) in [7, 11) is 0. The summed E-state index contributed by atoms with van der Waals surface area (Å²) in [6.45, 7) is 5.53. The molecule has 33 heavy (non-hydrogen) atoms. The average Bonchev–Trinajstić information content (AvgIpc) is 3.24. The molecular formula is C22H25ClN6O3S. The number of piperidine rings is 1. The molecule has 0 saturated carbocycles. The largest absolute Gasteiger partial charge is 0.356 e. The van der Waals surface area contributed by atoms with Crippen LogP contribution in [-0.2, 0) is 16.1 Å². The van der Waals surface area contributed by atoms with Gasteiger partial charge in [-0.15, -0.1) is 0 Å². The maximum atomic E-state index is 13.0. The van der Waals surface area contributed by atoms with Gasteiger partial charge in [-0.1, -0.05) is 29.0 Å². The Kier molecular flexibility index (Phi) is 6.94. The lowest BCUT2D eigenvalue weighted by Crippen LogP contribution is -2.43. The highest BCUT2D eigenvalue weighted by molar-refractivity contribution is 7.22. The maximum absolute atomic E-state index is 13.0. The van der Waals surface area contributed by atoms with Crippen molar-refractivity contribution in [2.45, 2.75) is 33.2 Å². The summed E-state index contributed by atoms with van der Waals surface area (Å²) in [5.41, 5.74) is 1.50. The fraction of sp³-hybridized carbons (Fsp3) is 0.409. The van der Waals surface area contributed by atoms with E-state index in [9.17, 15) is 14.4 Å². The van der Waals surface area contributed by atoms with Crippen molar-refractivity contribution in [3.63, 3.8) is 0 Å². The molecule has 0 unspecified atom stereocenters. The zero-order valence-electron chi connectivity index (χ0n) is 18.4. The van der Waals surface area contributed by atoms with Gasteiger partial charge in [-0.3, -0.25) is 19.0 Å². The highest BCUT2D eigenvalue weighted by Gasteiger charge is 2.27. The lowest BCUT2D eigenvalue weighted by atomic mass is 9.97. The molecule has 1 fully saturated rings. The summed E-state index contributed by atoms with van der Waals surface area (Å²) >= 11 is 7.35. The first-order valence-corrected chi connectivity index (χ1v) is 12.0. The van der Waals surface area contributed by atoms with Crippen LogP contribution in [0.1, 0.15) is 25.3 Å². The van der Waals surface area contributed by atoms with Gasteiger partial charge < -0.3 is 15.5 Å². The molecule has 1 aliphatic heterocycles. The number of rotatable bonds is 6. The summed E-state index contributed by atoms with van der Waals surface area (Å²) < 4.78 is 1.65. The molecule has 1 atom stereocenters. The number of fused-ring (bicyclic) bond motifs is 1. The van der Waals surface area contributed by atoms with Crippen molar-refractivity contribution in [3.8, 4) is 0 Å². The van der Waals surface area contributed by atoms with Gasteiger partial charge in [0.1, 0.15) is 17.6 Å². The standard InChI is InChI=1S/C22H25ClN6O3S/c1-3-24-20(31)14-5-4-8-28(10-14)22-27-19-18(33-22)21(32)29(12-25-19)11-17(30)26-15-7-6-13(2)16(23)9-15/h6-7,9,12,14H,3-5,8,10-11H2,1-2H3,(H,24,31)(H,26,30)/t14-/m1/s1. The van der Waals surface area contributed by atoms with Gasteiger partial charge in [-0.05, 0) is 44.4 Å². The van der Waals surface area contributed by atoms with Crippen molar-refractivity contribution in [1.82, 2.24) is 19.9 Å². The molecule has 1 aromatic carbocycles. The van der Waals surface area contributed by atoms with E-state index < -0.39 is 0 Å². The second-order valence-electron chi connectivity index (χ2n) is 8.02. The van der Waals surface area contributed by atoms with Crippen molar-refractivity contribution in [1.29, 1.82) is 0 Å². The van der Waals surface area contributed by atoms with E-state index in [-0.39, 0.29) is 29.8 Å². The number of carbonyl (C=O) groups excluding carboxylic acids is 2. The van der Waals surface area contributed by atoms with E-state index in [1.165, 1.54) is 22.2 Å². The van der Waals surface area contributed by atoms with Gasteiger partial charge in [0, 0.05) is 30.3 Å². The molecule has 1 saturated heterocycles. The maximum Gasteiger partial charge on any atom is 0.273 e. The summed E-state index contributed by atoms with van der Waals surface area (Å²) in [4.78, 5) is 48.5. The van der Waals surface area contributed by atoms with E-state index in [0.29, 0.717) is 39.3 Å². The third-order valence-electron chi connectivity index (χ3n) is 5.56. The Balaban J connectivity index is 1.50. The first-order valence-electron chi connectivity index (χ1n) is 10.8. The molecule has 2 amide bonds. The second-order valence-corrected chi connectivity index (χ2v) is 9.40. The number of aryl methyl sites for hydroxylation is 1. The third kappa shape index (κ3) is 5.17. The fourth-order valence-electron chi connectivity index (χ4n) is 3.79. The third-order valence-corrected chi connectivity index (χ3v) is 7.06. The van der Waals surface area contributed by atoms with E-state index >= 15 is 0 Å². The van der Waals surface area contributed by atoms with Crippen molar-refractivity contribution in [3.05, 3.63) is 45.5 Å². The number of hydrogen-bond acceptors (Lipinski definition) is 7. The Labute approximate surface area is 199 Å². The van der Waals surface area contributed by atoms with Gasteiger partial charge in [0.15, 0.2) is 10.8 Å².